The van der Waals surface area contributed by atoms with Crippen molar-refractivity contribution in [2.24, 2.45) is 5.92 Å². The number of hydrogen-bond donors (Lipinski definition) is 3. The number of carbonyl (C=O) groups is 2. The van der Waals surface area contributed by atoms with Crippen LogP contribution in [0.25, 0.3) is 0 Å². The van der Waals surface area contributed by atoms with Crippen LogP contribution in [-0.4, -0.2) is 39.4 Å². The molecule has 0 spiro atoms. The zero-order valence-electron chi connectivity index (χ0n) is 18.5. The molecular weight excluding hydrogens is 428 g/mol. The van der Waals surface area contributed by atoms with Crippen LogP contribution >= 0.6 is 11.8 Å². The topological polar surface area (TPSA) is 104 Å². The standard InChI is InChI=1S/C25H30O6S/c1-3-5-21-22(9-8-19(15(2)26)25(21)30)31-10-4-11-32-18-6-7-20-16(13-18)12-17(24(20)29)14-23(27)28/h6-9,13,17,24,29-30H,3-5,10-12,14H2,1-2H3,(H,27,28). The Morgan fingerprint density at radius 1 is 1.22 bits per heavy atom. The fourth-order valence-electron chi connectivity index (χ4n) is 4.15. The van der Waals surface area contributed by atoms with Gasteiger partial charge in [0.1, 0.15) is 11.5 Å². The molecule has 2 aromatic carbocycles. The molecule has 2 aromatic rings. The quantitative estimate of drug-likeness (QED) is 0.253. The number of aromatic hydroxyl groups is 1. The van der Waals surface area contributed by atoms with E-state index in [0.29, 0.717) is 36.3 Å². The van der Waals surface area contributed by atoms with Gasteiger partial charge < -0.3 is 20.1 Å². The number of ketones is 1. The van der Waals surface area contributed by atoms with Crippen molar-refractivity contribution in [3.63, 3.8) is 0 Å². The van der Waals surface area contributed by atoms with E-state index in [-0.39, 0.29) is 23.9 Å². The molecule has 6 nitrogen and oxygen atoms in total. The molecule has 0 heterocycles. The molecule has 0 amide bonds. The van der Waals surface area contributed by atoms with Crippen LogP contribution in [0.15, 0.2) is 35.2 Å². The molecule has 1 aliphatic carbocycles. The minimum absolute atomic E-state index is 0.0211. The van der Waals surface area contributed by atoms with Crippen LogP contribution in [0.2, 0.25) is 0 Å². The smallest absolute Gasteiger partial charge is 0.303 e. The first-order valence-corrected chi connectivity index (χ1v) is 11.9. The van der Waals surface area contributed by atoms with Gasteiger partial charge in [0.15, 0.2) is 5.78 Å². The van der Waals surface area contributed by atoms with E-state index in [2.05, 4.69) is 0 Å². The van der Waals surface area contributed by atoms with Gasteiger partial charge in [0.2, 0.25) is 0 Å². The normalized spacial score (nSPS) is 17.2. The average Bonchev–Trinajstić information content (AvgIpc) is 3.04. The van der Waals surface area contributed by atoms with Crippen molar-refractivity contribution in [3.8, 4) is 11.5 Å². The fourth-order valence-corrected chi connectivity index (χ4v) is 5.04. The minimum atomic E-state index is -0.886. The second-order valence-electron chi connectivity index (χ2n) is 8.16. The summed E-state index contributed by atoms with van der Waals surface area (Å²) in [5, 5.41) is 29.8. The molecule has 0 bridgehead atoms. The first-order valence-electron chi connectivity index (χ1n) is 11.0. The third-order valence-electron chi connectivity index (χ3n) is 5.73. The Morgan fingerprint density at radius 2 is 2.00 bits per heavy atom. The van der Waals surface area contributed by atoms with Crippen molar-refractivity contribution in [3.05, 3.63) is 52.6 Å². The third-order valence-corrected chi connectivity index (χ3v) is 6.81. The number of aliphatic hydroxyl groups is 1. The summed E-state index contributed by atoms with van der Waals surface area (Å²) < 4.78 is 5.91. The predicted octanol–water partition coefficient (Wildman–Crippen LogP) is 4.79. The van der Waals surface area contributed by atoms with Gasteiger partial charge in [-0.2, -0.15) is 0 Å². The number of fused-ring (bicyclic) bond motifs is 1. The molecule has 2 unspecified atom stereocenters. The Balaban J connectivity index is 1.52. The number of rotatable bonds is 11. The summed E-state index contributed by atoms with van der Waals surface area (Å²) in [7, 11) is 0. The summed E-state index contributed by atoms with van der Waals surface area (Å²) in [6.45, 7) is 3.95. The average molecular weight is 459 g/mol. The van der Waals surface area contributed by atoms with Crippen LogP contribution < -0.4 is 4.74 Å². The molecule has 0 saturated carbocycles. The molecule has 32 heavy (non-hydrogen) atoms. The zero-order chi connectivity index (χ0) is 23.3. The maximum atomic E-state index is 11.7. The van der Waals surface area contributed by atoms with E-state index in [9.17, 15) is 19.8 Å². The van der Waals surface area contributed by atoms with Gasteiger partial charge in [-0.15, -0.1) is 11.8 Å². The number of carbonyl (C=O) groups excluding carboxylic acids is 1. The summed E-state index contributed by atoms with van der Waals surface area (Å²) in [4.78, 5) is 23.8. The van der Waals surface area contributed by atoms with Gasteiger partial charge >= 0.3 is 5.97 Å². The van der Waals surface area contributed by atoms with E-state index in [1.807, 2.05) is 25.1 Å². The van der Waals surface area contributed by atoms with Crippen LogP contribution in [0.3, 0.4) is 0 Å². The number of Topliss-reactive ketones (excluding diaryl/α,β-unsaturated/α-hetero) is 1. The third kappa shape index (κ3) is 5.64. The lowest BCUT2D eigenvalue weighted by Gasteiger charge is -2.14. The number of phenols is 1. The highest BCUT2D eigenvalue weighted by atomic mass is 32.2. The highest BCUT2D eigenvalue weighted by molar-refractivity contribution is 7.99. The van der Waals surface area contributed by atoms with Crippen molar-refractivity contribution < 1.29 is 29.6 Å². The fraction of sp³-hybridized carbons (Fsp3) is 0.440. The summed E-state index contributed by atoms with van der Waals surface area (Å²) in [6, 6.07) is 9.28. The summed E-state index contributed by atoms with van der Waals surface area (Å²) in [5.41, 5.74) is 2.86. The predicted molar refractivity (Wildman–Crippen MR) is 124 cm³/mol. The van der Waals surface area contributed by atoms with Crippen LogP contribution in [0.4, 0.5) is 0 Å². The lowest BCUT2D eigenvalue weighted by molar-refractivity contribution is -0.139. The maximum Gasteiger partial charge on any atom is 0.303 e. The van der Waals surface area contributed by atoms with E-state index in [4.69, 9.17) is 9.84 Å². The van der Waals surface area contributed by atoms with E-state index in [1.54, 1.807) is 23.9 Å². The van der Waals surface area contributed by atoms with Crippen molar-refractivity contribution in [1.82, 2.24) is 0 Å². The molecule has 3 N–H and O–H groups in total. The molecule has 1 aliphatic rings. The molecule has 0 aliphatic heterocycles. The molecule has 0 fully saturated rings. The van der Waals surface area contributed by atoms with Crippen molar-refractivity contribution >= 4 is 23.5 Å². The number of hydrogen-bond acceptors (Lipinski definition) is 6. The van der Waals surface area contributed by atoms with Crippen molar-refractivity contribution in [1.29, 1.82) is 0 Å². The Hall–Kier alpha value is -2.51. The lowest BCUT2D eigenvalue weighted by Crippen LogP contribution is -2.12. The van der Waals surface area contributed by atoms with Crippen LogP contribution in [0.5, 0.6) is 11.5 Å². The molecule has 172 valence electrons. The van der Waals surface area contributed by atoms with Crippen molar-refractivity contribution in [2.45, 2.75) is 57.0 Å². The number of aliphatic hydroxyl groups excluding tert-OH is 1. The summed E-state index contributed by atoms with van der Waals surface area (Å²) in [5.74, 6) is 0.157. The lowest BCUT2D eigenvalue weighted by atomic mass is 10.00. The molecule has 0 radical (unpaired) electrons. The first-order chi connectivity index (χ1) is 15.3. The SMILES string of the molecule is CCCc1c(OCCCSc2ccc3c(c2)CC(CC(=O)O)C3O)ccc(C(C)=O)c1O. The maximum absolute atomic E-state index is 11.7. The summed E-state index contributed by atoms with van der Waals surface area (Å²) >= 11 is 1.69. The van der Waals surface area contributed by atoms with E-state index in [0.717, 1.165) is 34.6 Å². The molecule has 3 rings (SSSR count). The minimum Gasteiger partial charge on any atom is -0.507 e. The molecule has 0 saturated heterocycles. The van der Waals surface area contributed by atoms with Gasteiger partial charge in [-0.3, -0.25) is 9.59 Å². The highest BCUT2D eigenvalue weighted by Gasteiger charge is 2.32. The van der Waals surface area contributed by atoms with Gasteiger partial charge in [0.05, 0.1) is 24.7 Å². The zero-order valence-corrected chi connectivity index (χ0v) is 19.3. The number of carboxylic acids is 1. The Morgan fingerprint density at radius 3 is 2.69 bits per heavy atom. The van der Waals surface area contributed by atoms with Gasteiger partial charge in [-0.1, -0.05) is 19.4 Å². The second-order valence-corrected chi connectivity index (χ2v) is 9.33. The van der Waals surface area contributed by atoms with Crippen LogP contribution in [0, 0.1) is 5.92 Å². The Kier molecular flexibility index (Phi) is 8.21. The van der Waals surface area contributed by atoms with Gasteiger partial charge in [-0.05, 0) is 61.6 Å². The number of thioether (sulfide) groups is 1. The Labute approximate surface area is 192 Å². The van der Waals surface area contributed by atoms with E-state index in [1.165, 1.54) is 6.92 Å². The molecule has 2 atom stereocenters. The number of ether oxygens (including phenoxy) is 1. The number of aliphatic carboxylic acids is 1. The second kappa shape index (κ2) is 10.9. The summed E-state index contributed by atoms with van der Waals surface area (Å²) in [6.07, 6.45) is 2.12. The van der Waals surface area contributed by atoms with Gasteiger partial charge in [-0.25, -0.2) is 0 Å². The largest absolute Gasteiger partial charge is 0.507 e. The monoisotopic (exact) mass is 458 g/mol. The number of benzene rings is 2. The van der Waals surface area contributed by atoms with E-state index < -0.39 is 12.1 Å². The van der Waals surface area contributed by atoms with Crippen LogP contribution in [0.1, 0.15) is 66.3 Å². The van der Waals surface area contributed by atoms with Crippen molar-refractivity contribution in [2.75, 3.05) is 12.4 Å². The molecule has 0 aromatic heterocycles. The number of carboxylic acid groups (broad SMARTS) is 1. The van der Waals surface area contributed by atoms with Gasteiger partial charge in [0.25, 0.3) is 0 Å². The van der Waals surface area contributed by atoms with Crippen LogP contribution in [-0.2, 0) is 17.6 Å². The molecule has 7 heteroatoms. The first kappa shape index (κ1) is 24.1. The number of phenolic OH excluding ortho intramolecular Hbond substituents is 1. The molecular formula is C25H30O6S. The van der Waals surface area contributed by atoms with Gasteiger partial charge in [0, 0.05) is 22.1 Å². The van der Waals surface area contributed by atoms with E-state index >= 15 is 0 Å². The Bertz CT molecular complexity index is 987. The highest BCUT2D eigenvalue weighted by Crippen LogP contribution is 2.39.